The van der Waals surface area contributed by atoms with Gasteiger partial charge in [0, 0.05) is 6.04 Å². The highest BCUT2D eigenvalue weighted by molar-refractivity contribution is 6.32. The van der Waals surface area contributed by atoms with Crippen molar-refractivity contribution in [1.82, 2.24) is 4.90 Å². The van der Waals surface area contributed by atoms with Crippen molar-refractivity contribution >= 4 is 17.3 Å². The lowest BCUT2D eigenvalue weighted by Crippen LogP contribution is -2.36. The fourth-order valence-corrected chi connectivity index (χ4v) is 2.35. The van der Waals surface area contributed by atoms with Crippen molar-refractivity contribution in [3.05, 3.63) is 28.8 Å². The number of nitrogens with zero attached hydrogens (tertiary/aromatic N) is 2. The van der Waals surface area contributed by atoms with Crippen molar-refractivity contribution in [2.24, 2.45) is 0 Å². The highest BCUT2D eigenvalue weighted by atomic mass is 35.5. The number of benzene rings is 1. The summed E-state index contributed by atoms with van der Waals surface area (Å²) in [6.07, 6.45) is 2.21. The van der Waals surface area contributed by atoms with E-state index >= 15 is 0 Å². The van der Waals surface area contributed by atoms with Crippen LogP contribution in [-0.2, 0) is 0 Å². The molecule has 0 unspecified atom stereocenters. The van der Waals surface area contributed by atoms with Crippen LogP contribution in [0.4, 0.5) is 5.69 Å². The molecule has 1 fully saturated rings. The number of likely N-dealkylation sites (tertiary alicyclic amines) is 1. The molecule has 1 N–H and O–H groups in total. The summed E-state index contributed by atoms with van der Waals surface area (Å²) in [6, 6.07) is 8.14. The van der Waals surface area contributed by atoms with E-state index in [-0.39, 0.29) is 0 Å². The van der Waals surface area contributed by atoms with Gasteiger partial charge in [0.2, 0.25) is 0 Å². The lowest BCUT2D eigenvalue weighted by Gasteiger charge is -2.30. The normalized spacial score (nSPS) is 17.7. The molecule has 1 saturated heterocycles. The molecule has 4 heteroatoms. The van der Waals surface area contributed by atoms with Gasteiger partial charge in [0.1, 0.15) is 6.07 Å². The van der Waals surface area contributed by atoms with E-state index in [4.69, 9.17) is 16.9 Å². The molecular weight excluding hydrogens is 234 g/mol. The Morgan fingerprint density at radius 1 is 1.41 bits per heavy atom. The van der Waals surface area contributed by atoms with E-state index in [9.17, 15) is 0 Å². The van der Waals surface area contributed by atoms with Gasteiger partial charge in [-0.25, -0.2) is 0 Å². The highest BCUT2D eigenvalue weighted by Crippen LogP contribution is 2.25. The molecule has 1 aromatic carbocycles. The lowest BCUT2D eigenvalue weighted by atomic mass is 10.0. The van der Waals surface area contributed by atoms with Crippen LogP contribution in [0, 0.1) is 11.3 Å². The van der Waals surface area contributed by atoms with E-state index in [1.54, 1.807) is 6.07 Å². The number of hydrogen-bond acceptors (Lipinski definition) is 3. The van der Waals surface area contributed by atoms with E-state index in [1.165, 1.54) is 0 Å². The van der Waals surface area contributed by atoms with E-state index in [1.807, 2.05) is 12.1 Å². The van der Waals surface area contributed by atoms with Gasteiger partial charge in [0.25, 0.3) is 0 Å². The zero-order chi connectivity index (χ0) is 12.3. The molecule has 0 bridgehead atoms. The van der Waals surface area contributed by atoms with E-state index in [0.29, 0.717) is 16.6 Å². The molecule has 0 spiro atoms. The van der Waals surface area contributed by atoms with Gasteiger partial charge in [-0.2, -0.15) is 5.26 Å². The Labute approximate surface area is 107 Å². The Hall–Kier alpha value is -1.24. The maximum atomic E-state index is 9.09. The summed E-state index contributed by atoms with van der Waals surface area (Å²) in [7, 11) is 2.14. The molecular formula is C13H16ClN3. The second kappa shape index (κ2) is 5.39. The van der Waals surface area contributed by atoms with Crippen LogP contribution in [0.3, 0.4) is 0 Å². The van der Waals surface area contributed by atoms with Gasteiger partial charge >= 0.3 is 0 Å². The number of halogens is 1. The summed E-state index contributed by atoms with van der Waals surface area (Å²) in [6.45, 7) is 2.19. The first kappa shape index (κ1) is 12.2. The molecule has 0 aliphatic carbocycles. The maximum Gasteiger partial charge on any atom is 0.103 e. The van der Waals surface area contributed by atoms with Gasteiger partial charge in [-0.15, -0.1) is 0 Å². The van der Waals surface area contributed by atoms with Gasteiger partial charge in [0.05, 0.1) is 16.3 Å². The molecule has 0 radical (unpaired) electrons. The van der Waals surface area contributed by atoms with Crippen LogP contribution in [0.25, 0.3) is 0 Å². The third-order valence-electron chi connectivity index (χ3n) is 3.20. The zero-order valence-corrected chi connectivity index (χ0v) is 10.7. The third-order valence-corrected chi connectivity index (χ3v) is 3.52. The van der Waals surface area contributed by atoms with Crippen molar-refractivity contribution in [2.45, 2.75) is 18.9 Å². The molecule has 0 amide bonds. The van der Waals surface area contributed by atoms with Crippen LogP contribution in [0.15, 0.2) is 18.2 Å². The first-order valence-electron chi connectivity index (χ1n) is 5.84. The molecule has 17 heavy (non-hydrogen) atoms. The average molecular weight is 250 g/mol. The predicted octanol–water partition coefficient (Wildman–Crippen LogP) is 2.72. The number of anilines is 1. The van der Waals surface area contributed by atoms with Gasteiger partial charge in [-0.1, -0.05) is 17.7 Å². The van der Waals surface area contributed by atoms with Crippen LogP contribution >= 0.6 is 11.6 Å². The summed E-state index contributed by atoms with van der Waals surface area (Å²) in [5.74, 6) is 0. The minimum Gasteiger partial charge on any atom is -0.381 e. The summed E-state index contributed by atoms with van der Waals surface area (Å²) < 4.78 is 0. The minimum atomic E-state index is 0.441. The second-order valence-electron chi connectivity index (χ2n) is 4.50. The molecule has 1 heterocycles. The molecule has 1 aromatic rings. The largest absolute Gasteiger partial charge is 0.381 e. The van der Waals surface area contributed by atoms with Gasteiger partial charge in [-0.05, 0) is 45.1 Å². The summed E-state index contributed by atoms with van der Waals surface area (Å²) in [4.78, 5) is 2.32. The SMILES string of the molecule is CN1CCC(Nc2cccc(Cl)c2C#N)CC1. The number of hydrogen-bond donors (Lipinski definition) is 1. The lowest BCUT2D eigenvalue weighted by molar-refractivity contribution is 0.264. The van der Waals surface area contributed by atoms with Crippen molar-refractivity contribution in [1.29, 1.82) is 5.26 Å². The summed E-state index contributed by atoms with van der Waals surface area (Å²) in [5, 5.41) is 13.0. The molecule has 90 valence electrons. The standard InChI is InChI=1S/C13H16ClN3/c1-17-7-5-10(6-8-17)16-13-4-2-3-12(14)11(13)9-15/h2-4,10,16H,5-8H2,1H3. The van der Waals surface area contributed by atoms with Crippen molar-refractivity contribution < 1.29 is 0 Å². The third kappa shape index (κ3) is 2.91. The molecule has 2 rings (SSSR count). The molecule has 3 nitrogen and oxygen atoms in total. The number of nitrogens with one attached hydrogen (secondary N) is 1. The minimum absolute atomic E-state index is 0.441. The van der Waals surface area contributed by atoms with E-state index < -0.39 is 0 Å². The Kier molecular flexibility index (Phi) is 3.88. The second-order valence-corrected chi connectivity index (χ2v) is 4.90. The average Bonchev–Trinajstić information content (AvgIpc) is 2.32. The van der Waals surface area contributed by atoms with Crippen LogP contribution in [0.1, 0.15) is 18.4 Å². The summed E-state index contributed by atoms with van der Waals surface area (Å²) >= 11 is 6.00. The smallest absolute Gasteiger partial charge is 0.103 e. The number of rotatable bonds is 2. The predicted molar refractivity (Wildman–Crippen MR) is 70.3 cm³/mol. The fourth-order valence-electron chi connectivity index (χ4n) is 2.13. The van der Waals surface area contributed by atoms with Crippen molar-refractivity contribution in [3.8, 4) is 6.07 Å². The van der Waals surface area contributed by atoms with Gasteiger partial charge in [-0.3, -0.25) is 0 Å². The number of piperidine rings is 1. The Morgan fingerprint density at radius 2 is 2.12 bits per heavy atom. The van der Waals surface area contributed by atoms with Gasteiger partial charge in [0.15, 0.2) is 0 Å². The molecule has 1 aliphatic heterocycles. The molecule has 1 aliphatic rings. The molecule has 0 atom stereocenters. The van der Waals surface area contributed by atoms with E-state index in [2.05, 4.69) is 23.3 Å². The monoisotopic (exact) mass is 249 g/mol. The van der Waals surface area contributed by atoms with E-state index in [0.717, 1.165) is 31.6 Å². The molecule has 0 aromatic heterocycles. The van der Waals surface area contributed by atoms with Crippen LogP contribution < -0.4 is 5.32 Å². The van der Waals surface area contributed by atoms with Gasteiger partial charge < -0.3 is 10.2 Å². The number of nitriles is 1. The quantitative estimate of drug-likeness (QED) is 0.876. The highest BCUT2D eigenvalue weighted by Gasteiger charge is 2.17. The first-order valence-corrected chi connectivity index (χ1v) is 6.22. The van der Waals surface area contributed by atoms with Crippen molar-refractivity contribution in [2.75, 3.05) is 25.5 Å². The molecule has 0 saturated carbocycles. The van der Waals surface area contributed by atoms with Crippen LogP contribution in [-0.4, -0.2) is 31.1 Å². The van der Waals surface area contributed by atoms with Crippen LogP contribution in [0.5, 0.6) is 0 Å². The fraction of sp³-hybridized carbons (Fsp3) is 0.462. The first-order chi connectivity index (χ1) is 8.20. The Morgan fingerprint density at radius 3 is 2.76 bits per heavy atom. The zero-order valence-electron chi connectivity index (χ0n) is 9.91. The Balaban J connectivity index is 2.09. The maximum absolute atomic E-state index is 9.09. The summed E-state index contributed by atoms with van der Waals surface area (Å²) in [5.41, 5.74) is 1.41. The van der Waals surface area contributed by atoms with Crippen molar-refractivity contribution in [3.63, 3.8) is 0 Å². The topological polar surface area (TPSA) is 39.1 Å². The van der Waals surface area contributed by atoms with Crippen LogP contribution in [0.2, 0.25) is 5.02 Å². The Bertz CT molecular complexity index is 431.